The number of carbonyl (C=O) groups is 1. The highest BCUT2D eigenvalue weighted by atomic mass is 16.8. The van der Waals surface area contributed by atoms with Gasteiger partial charge in [-0.2, -0.15) is 0 Å². The molecular formula is C19H19NO3. The molecular weight excluding hydrogens is 290 g/mol. The second-order valence-corrected chi connectivity index (χ2v) is 6.02. The molecule has 1 heterocycles. The standard InChI is InChI=1S/C19H19NO3/c21-19(23-20-11-5-6-12-20)22-13-18-16-9-3-1-7-14(16)15-8-2-4-10-17(15)18/h1-4,7-10,18H,5-6,11-13H2. The van der Waals surface area contributed by atoms with E-state index in [2.05, 4.69) is 24.3 Å². The third-order valence-electron chi connectivity index (χ3n) is 4.60. The molecule has 0 spiro atoms. The van der Waals surface area contributed by atoms with Crippen LogP contribution in [-0.2, 0) is 9.57 Å². The fourth-order valence-corrected chi connectivity index (χ4v) is 3.50. The lowest BCUT2D eigenvalue weighted by Gasteiger charge is -2.17. The number of hydroxylamine groups is 2. The van der Waals surface area contributed by atoms with E-state index in [4.69, 9.17) is 9.57 Å². The van der Waals surface area contributed by atoms with Crippen LogP contribution in [0.1, 0.15) is 29.9 Å². The Kier molecular flexibility index (Phi) is 3.75. The van der Waals surface area contributed by atoms with Crippen molar-refractivity contribution in [3.05, 3.63) is 59.7 Å². The number of rotatable bonds is 3. The number of fused-ring (bicyclic) bond motifs is 3. The van der Waals surface area contributed by atoms with Gasteiger partial charge in [0.05, 0.1) is 0 Å². The van der Waals surface area contributed by atoms with Crippen LogP contribution in [0.3, 0.4) is 0 Å². The molecule has 0 atom stereocenters. The number of nitrogens with zero attached hydrogens (tertiary/aromatic N) is 1. The molecule has 0 amide bonds. The average Bonchev–Trinajstić information content (AvgIpc) is 3.19. The zero-order valence-electron chi connectivity index (χ0n) is 12.9. The molecule has 4 heteroatoms. The van der Waals surface area contributed by atoms with Gasteiger partial charge in [0.15, 0.2) is 0 Å². The van der Waals surface area contributed by atoms with Gasteiger partial charge in [-0.25, -0.2) is 4.79 Å². The van der Waals surface area contributed by atoms with Gasteiger partial charge in [-0.15, -0.1) is 5.06 Å². The summed E-state index contributed by atoms with van der Waals surface area (Å²) in [5.74, 6) is 0.0773. The molecule has 1 aliphatic carbocycles. The fraction of sp³-hybridized carbons (Fsp3) is 0.316. The monoisotopic (exact) mass is 309 g/mol. The highest BCUT2D eigenvalue weighted by molar-refractivity contribution is 5.78. The molecule has 4 rings (SSSR count). The summed E-state index contributed by atoms with van der Waals surface area (Å²) in [4.78, 5) is 17.1. The fourth-order valence-electron chi connectivity index (χ4n) is 3.50. The molecule has 0 radical (unpaired) electrons. The number of hydrogen-bond donors (Lipinski definition) is 0. The van der Waals surface area contributed by atoms with Crippen LogP contribution in [0.4, 0.5) is 4.79 Å². The van der Waals surface area contributed by atoms with E-state index in [-0.39, 0.29) is 5.92 Å². The van der Waals surface area contributed by atoms with E-state index in [0.29, 0.717) is 6.61 Å². The van der Waals surface area contributed by atoms with Crippen LogP contribution in [-0.4, -0.2) is 30.9 Å². The molecule has 0 aromatic heterocycles. The van der Waals surface area contributed by atoms with Crippen molar-refractivity contribution >= 4 is 6.16 Å². The highest BCUT2D eigenvalue weighted by Gasteiger charge is 2.29. The Morgan fingerprint density at radius 1 is 0.957 bits per heavy atom. The molecule has 1 fully saturated rings. The first-order chi connectivity index (χ1) is 11.3. The van der Waals surface area contributed by atoms with Gasteiger partial charge in [-0.3, -0.25) is 0 Å². The van der Waals surface area contributed by atoms with Crippen LogP contribution in [0.25, 0.3) is 11.1 Å². The number of benzene rings is 2. The first kappa shape index (κ1) is 14.3. The molecule has 1 saturated heterocycles. The van der Waals surface area contributed by atoms with Gasteiger partial charge < -0.3 is 9.57 Å². The van der Waals surface area contributed by atoms with Crippen LogP contribution in [0.15, 0.2) is 48.5 Å². The second-order valence-electron chi connectivity index (χ2n) is 6.02. The van der Waals surface area contributed by atoms with Gasteiger partial charge >= 0.3 is 6.16 Å². The summed E-state index contributed by atoms with van der Waals surface area (Å²) in [7, 11) is 0. The predicted octanol–water partition coefficient (Wildman–Crippen LogP) is 3.96. The van der Waals surface area contributed by atoms with Crippen molar-refractivity contribution in [2.75, 3.05) is 19.7 Å². The minimum Gasteiger partial charge on any atom is -0.432 e. The van der Waals surface area contributed by atoms with Crippen molar-refractivity contribution in [1.82, 2.24) is 5.06 Å². The van der Waals surface area contributed by atoms with Crippen LogP contribution in [0, 0.1) is 0 Å². The zero-order chi connectivity index (χ0) is 15.6. The molecule has 0 N–H and O–H groups in total. The van der Waals surface area contributed by atoms with E-state index in [1.54, 1.807) is 5.06 Å². The lowest BCUT2D eigenvalue weighted by atomic mass is 9.98. The Balaban J connectivity index is 1.49. The smallest absolute Gasteiger partial charge is 0.432 e. The van der Waals surface area contributed by atoms with Crippen molar-refractivity contribution in [3.8, 4) is 11.1 Å². The molecule has 23 heavy (non-hydrogen) atoms. The maximum atomic E-state index is 11.9. The SMILES string of the molecule is O=C(OCC1c2ccccc2-c2ccccc21)ON1CCCC1. The number of hydrogen-bond acceptors (Lipinski definition) is 4. The lowest BCUT2D eigenvalue weighted by Crippen LogP contribution is -2.25. The van der Waals surface area contributed by atoms with Crippen molar-refractivity contribution in [1.29, 1.82) is 0 Å². The first-order valence-electron chi connectivity index (χ1n) is 8.11. The van der Waals surface area contributed by atoms with Gasteiger partial charge in [0.2, 0.25) is 0 Å². The van der Waals surface area contributed by atoms with Gasteiger partial charge in [0.25, 0.3) is 0 Å². The first-order valence-corrected chi connectivity index (χ1v) is 8.11. The maximum absolute atomic E-state index is 11.9. The van der Waals surface area contributed by atoms with Crippen molar-refractivity contribution in [3.63, 3.8) is 0 Å². The van der Waals surface area contributed by atoms with Gasteiger partial charge in [0, 0.05) is 19.0 Å². The Labute approximate surface area is 135 Å². The van der Waals surface area contributed by atoms with Gasteiger partial charge in [-0.05, 0) is 35.1 Å². The van der Waals surface area contributed by atoms with Crippen molar-refractivity contribution in [2.24, 2.45) is 0 Å². The normalized spacial score (nSPS) is 16.9. The summed E-state index contributed by atoms with van der Waals surface area (Å²) in [6, 6.07) is 16.6. The topological polar surface area (TPSA) is 38.8 Å². The number of ether oxygens (including phenoxy) is 1. The minimum atomic E-state index is -0.603. The largest absolute Gasteiger partial charge is 0.527 e. The van der Waals surface area contributed by atoms with E-state index in [1.807, 2.05) is 24.3 Å². The van der Waals surface area contributed by atoms with E-state index in [9.17, 15) is 4.79 Å². The van der Waals surface area contributed by atoms with E-state index in [0.717, 1.165) is 25.9 Å². The summed E-state index contributed by atoms with van der Waals surface area (Å²) >= 11 is 0. The molecule has 2 aliphatic rings. The van der Waals surface area contributed by atoms with Crippen LogP contribution < -0.4 is 0 Å². The van der Waals surface area contributed by atoms with Gasteiger partial charge in [0.1, 0.15) is 6.61 Å². The van der Waals surface area contributed by atoms with E-state index in [1.165, 1.54) is 22.3 Å². The van der Waals surface area contributed by atoms with E-state index >= 15 is 0 Å². The van der Waals surface area contributed by atoms with Gasteiger partial charge in [-0.1, -0.05) is 48.5 Å². The summed E-state index contributed by atoms with van der Waals surface area (Å²) in [5, 5.41) is 1.68. The maximum Gasteiger partial charge on any atom is 0.527 e. The van der Waals surface area contributed by atoms with Crippen molar-refractivity contribution < 1.29 is 14.4 Å². The third kappa shape index (κ3) is 2.70. The molecule has 4 nitrogen and oxygen atoms in total. The predicted molar refractivity (Wildman–Crippen MR) is 87.0 cm³/mol. The Morgan fingerprint density at radius 2 is 1.52 bits per heavy atom. The summed E-state index contributed by atoms with van der Waals surface area (Å²) < 4.78 is 5.40. The van der Waals surface area contributed by atoms with Crippen LogP contribution in [0.5, 0.6) is 0 Å². The Morgan fingerprint density at radius 3 is 2.13 bits per heavy atom. The van der Waals surface area contributed by atoms with E-state index < -0.39 is 6.16 Å². The molecule has 0 bridgehead atoms. The average molecular weight is 309 g/mol. The molecule has 118 valence electrons. The molecule has 0 saturated carbocycles. The summed E-state index contributed by atoms with van der Waals surface area (Å²) in [6.45, 7) is 1.90. The molecule has 2 aromatic carbocycles. The van der Waals surface area contributed by atoms with Crippen LogP contribution in [0.2, 0.25) is 0 Å². The molecule has 0 unspecified atom stereocenters. The second kappa shape index (κ2) is 6.05. The Hall–Kier alpha value is -2.33. The Bertz CT molecular complexity index is 677. The lowest BCUT2D eigenvalue weighted by molar-refractivity contribution is -0.112. The number of carbonyl (C=O) groups excluding carboxylic acids is 1. The molecule has 2 aromatic rings. The zero-order valence-corrected chi connectivity index (χ0v) is 12.9. The minimum absolute atomic E-state index is 0.0773. The van der Waals surface area contributed by atoms with Crippen molar-refractivity contribution in [2.45, 2.75) is 18.8 Å². The quantitative estimate of drug-likeness (QED) is 0.804. The highest BCUT2D eigenvalue weighted by Crippen LogP contribution is 2.44. The molecule has 1 aliphatic heterocycles. The third-order valence-corrected chi connectivity index (χ3v) is 4.60. The summed E-state index contributed by atoms with van der Waals surface area (Å²) in [6.07, 6.45) is 1.53. The van der Waals surface area contributed by atoms with Crippen LogP contribution >= 0.6 is 0 Å². The summed E-state index contributed by atoms with van der Waals surface area (Å²) in [5.41, 5.74) is 4.87.